The van der Waals surface area contributed by atoms with Crippen LogP contribution in [0.1, 0.15) is 49.5 Å². The number of amides is 1. The monoisotopic (exact) mass is 434 g/mol. The molecule has 0 saturated carbocycles. The van der Waals surface area contributed by atoms with Gasteiger partial charge in [0, 0.05) is 30.5 Å². The molecule has 166 valence electrons. The zero-order valence-corrected chi connectivity index (χ0v) is 18.7. The Kier molecular flexibility index (Phi) is 5.28. The predicted molar refractivity (Wildman–Crippen MR) is 124 cm³/mol. The molecule has 8 nitrogen and oxygen atoms in total. The number of hydrogen-bond acceptors (Lipinski definition) is 7. The van der Waals surface area contributed by atoms with Gasteiger partial charge < -0.3 is 24.7 Å². The summed E-state index contributed by atoms with van der Waals surface area (Å²) < 4.78 is 5.53. The van der Waals surface area contributed by atoms with Gasteiger partial charge in [-0.05, 0) is 24.0 Å². The summed E-state index contributed by atoms with van der Waals surface area (Å²) in [4.78, 5) is 21.4. The maximum absolute atomic E-state index is 13.7. The molecule has 1 saturated heterocycles. The number of aromatic nitrogens is 1. The molecular weight excluding hydrogens is 406 g/mol. The maximum atomic E-state index is 13.7. The van der Waals surface area contributed by atoms with Crippen molar-refractivity contribution in [2.24, 2.45) is 11.1 Å². The van der Waals surface area contributed by atoms with Gasteiger partial charge in [0.05, 0.1) is 19.9 Å². The maximum Gasteiger partial charge on any atom is 0.235 e. The van der Waals surface area contributed by atoms with Crippen LogP contribution in [0.2, 0.25) is 0 Å². The molecule has 3 heterocycles. The van der Waals surface area contributed by atoms with Crippen molar-refractivity contribution >= 4 is 32.2 Å². The molecule has 2 aromatic rings. The number of amidine groups is 1. The Hall–Kier alpha value is -2.74. The lowest BCUT2D eigenvalue weighted by atomic mass is 9.53. The Morgan fingerprint density at radius 3 is 2.97 bits per heavy atom. The van der Waals surface area contributed by atoms with Gasteiger partial charge in [0.2, 0.25) is 11.6 Å². The number of hydrogen-bond donors (Lipinski definition) is 2. The molecule has 10 heteroatoms. The molecule has 2 aliphatic heterocycles. The van der Waals surface area contributed by atoms with E-state index in [1.165, 1.54) is 5.56 Å². The van der Waals surface area contributed by atoms with Crippen LogP contribution in [-0.4, -0.2) is 60.5 Å². The van der Waals surface area contributed by atoms with Crippen molar-refractivity contribution in [3.8, 4) is 0 Å². The number of β-amino-alcohol motifs (C(OH)–C–C–N with tert-alkyl or cyclic N) is 1. The van der Waals surface area contributed by atoms with Crippen LogP contribution in [-0.2, 0) is 21.8 Å². The Balaban J connectivity index is 1.39. The molecule has 5 rings (SSSR count). The Bertz CT molecular complexity index is 1060. The van der Waals surface area contributed by atoms with Crippen LogP contribution >= 0.6 is 0 Å². The standard InChI is InChI=1S/C22H28B2N4O4/c1-12(2)19(17-10-18(24-23)26-31-17)21(30)28-11-14(29)9-16(28)20-25-22(32-27-20)8-7-13-5-3-4-6-15(13)22/h3-6,10,12,14,16,19,24,29H,7-9,11,23H2,1-2H3,(H,25,27)/t14-,16+,19?,22?/m1/s1. The molecule has 4 atom stereocenters. The average molecular weight is 434 g/mol. The first-order valence-electron chi connectivity index (χ1n) is 11.5. The quantitative estimate of drug-likeness (QED) is 0.629. The third-order valence-corrected chi connectivity index (χ3v) is 6.89. The molecule has 1 aromatic heterocycles. The predicted octanol–water partition coefficient (Wildman–Crippen LogP) is -0.282. The van der Waals surface area contributed by atoms with Gasteiger partial charge in [-0.1, -0.05) is 48.4 Å². The van der Waals surface area contributed by atoms with Gasteiger partial charge in [-0.3, -0.25) is 4.79 Å². The number of carbonyl (C=O) groups excluding carboxylic acids is 1. The van der Waals surface area contributed by atoms with Gasteiger partial charge in [0.15, 0.2) is 5.84 Å². The van der Waals surface area contributed by atoms with E-state index in [0.29, 0.717) is 18.0 Å². The molecule has 1 spiro atoms. The average Bonchev–Trinajstić information content (AvgIpc) is 3.56. The minimum Gasteiger partial charge on any atom is -0.391 e. The molecule has 1 fully saturated rings. The number of rotatable bonds is 5. The number of aryl methyl sites for hydroxylation is 1. The van der Waals surface area contributed by atoms with E-state index in [0.717, 1.165) is 31.2 Å². The molecule has 0 bridgehead atoms. The zero-order valence-electron chi connectivity index (χ0n) is 18.7. The van der Waals surface area contributed by atoms with Gasteiger partial charge >= 0.3 is 0 Å². The molecule has 1 aromatic carbocycles. The number of fused-ring (bicyclic) bond motifs is 2. The summed E-state index contributed by atoms with van der Waals surface area (Å²) in [6.45, 7) is 4.25. The first kappa shape index (κ1) is 21.1. The van der Waals surface area contributed by atoms with Crippen molar-refractivity contribution < 1.29 is 19.3 Å². The summed E-state index contributed by atoms with van der Waals surface area (Å²) in [7, 11) is 2.75. The number of benzene rings is 1. The number of oxime groups is 1. The molecule has 1 amide bonds. The summed E-state index contributed by atoms with van der Waals surface area (Å²) in [5, 5.41) is 22.4. The lowest BCUT2D eigenvalue weighted by Gasteiger charge is -2.30. The Morgan fingerprint density at radius 2 is 2.22 bits per heavy atom. The van der Waals surface area contributed by atoms with Crippen LogP contribution in [0.25, 0.3) is 0 Å². The van der Waals surface area contributed by atoms with Crippen molar-refractivity contribution in [3.05, 3.63) is 47.2 Å². The summed E-state index contributed by atoms with van der Waals surface area (Å²) in [6, 6.07) is 9.69. The van der Waals surface area contributed by atoms with Gasteiger partial charge in [0.25, 0.3) is 0 Å². The summed E-state index contributed by atoms with van der Waals surface area (Å²) in [6.07, 6.45) is 1.48. The number of aliphatic hydroxyl groups excluding tert-OH is 1. The van der Waals surface area contributed by atoms with Gasteiger partial charge in [-0.25, -0.2) is 0 Å². The molecule has 2 unspecified atom stereocenters. The molecule has 32 heavy (non-hydrogen) atoms. The first-order chi connectivity index (χ1) is 15.4. The normalized spacial score (nSPS) is 27.2. The van der Waals surface area contributed by atoms with Crippen molar-refractivity contribution in [2.75, 3.05) is 6.54 Å². The number of aliphatic hydroxyl groups is 1. The molecule has 1 aliphatic carbocycles. The van der Waals surface area contributed by atoms with E-state index in [9.17, 15) is 9.90 Å². The highest BCUT2D eigenvalue weighted by Gasteiger charge is 2.50. The van der Waals surface area contributed by atoms with E-state index in [-0.39, 0.29) is 24.4 Å². The largest absolute Gasteiger partial charge is 0.391 e. The minimum atomic E-state index is -0.688. The number of nitrogens with zero attached hydrogens (tertiary/aromatic N) is 3. The van der Waals surface area contributed by atoms with Crippen LogP contribution < -0.4 is 10.9 Å². The Morgan fingerprint density at radius 1 is 1.41 bits per heavy atom. The highest BCUT2D eigenvalue weighted by molar-refractivity contribution is 6.97. The molecule has 0 radical (unpaired) electrons. The number of likely N-dealkylation sites (tertiary alicyclic amines) is 1. The SMILES string of the molecule is BBc1cc(C(C(=O)N2C[C@H](O)C[C@H]2C2=NOC3(CCc4ccccc43)N2)C(C)C)on1. The lowest BCUT2D eigenvalue weighted by Crippen LogP contribution is -2.50. The summed E-state index contributed by atoms with van der Waals surface area (Å²) >= 11 is 0. The third-order valence-electron chi connectivity index (χ3n) is 6.89. The van der Waals surface area contributed by atoms with Crippen molar-refractivity contribution in [1.82, 2.24) is 15.4 Å². The highest BCUT2D eigenvalue weighted by atomic mass is 16.7. The molecule has 3 aliphatic rings. The second kappa shape index (κ2) is 7.99. The fourth-order valence-corrected chi connectivity index (χ4v) is 5.20. The Labute approximate surface area is 189 Å². The second-order valence-corrected chi connectivity index (χ2v) is 9.37. The topological polar surface area (TPSA) is 100 Å². The molecule has 2 N–H and O–H groups in total. The van der Waals surface area contributed by atoms with Crippen LogP contribution in [0.4, 0.5) is 0 Å². The fourth-order valence-electron chi connectivity index (χ4n) is 5.20. The van der Waals surface area contributed by atoms with Gasteiger partial charge in [-0.2, -0.15) is 0 Å². The van der Waals surface area contributed by atoms with E-state index in [4.69, 9.17) is 9.36 Å². The lowest BCUT2D eigenvalue weighted by molar-refractivity contribution is -0.134. The van der Waals surface area contributed by atoms with Crippen molar-refractivity contribution in [1.29, 1.82) is 0 Å². The zero-order chi connectivity index (χ0) is 22.5. The van der Waals surface area contributed by atoms with E-state index >= 15 is 0 Å². The van der Waals surface area contributed by atoms with E-state index in [1.807, 2.05) is 39.8 Å². The summed E-state index contributed by atoms with van der Waals surface area (Å²) in [5.41, 5.74) is 2.47. The fraction of sp³-hybridized carbons (Fsp3) is 0.500. The number of nitrogens with one attached hydrogen (secondary N) is 1. The minimum absolute atomic E-state index is 0.0151. The van der Waals surface area contributed by atoms with Crippen LogP contribution in [0.15, 0.2) is 40.0 Å². The third kappa shape index (κ3) is 3.41. The summed E-state index contributed by atoms with van der Waals surface area (Å²) in [5.74, 6) is 0.625. The number of carbonyl (C=O) groups is 1. The van der Waals surface area contributed by atoms with Gasteiger partial charge in [-0.15, -0.1) is 0 Å². The first-order valence-corrected chi connectivity index (χ1v) is 11.5. The van der Waals surface area contributed by atoms with E-state index in [1.54, 1.807) is 4.90 Å². The van der Waals surface area contributed by atoms with Gasteiger partial charge in [0.1, 0.15) is 18.8 Å². The van der Waals surface area contributed by atoms with Crippen LogP contribution in [0, 0.1) is 5.92 Å². The van der Waals surface area contributed by atoms with E-state index in [2.05, 4.69) is 27.8 Å². The second-order valence-electron chi connectivity index (χ2n) is 9.37. The molecular formula is C22H28B2N4O4. The van der Waals surface area contributed by atoms with Crippen molar-refractivity contribution in [3.63, 3.8) is 0 Å². The van der Waals surface area contributed by atoms with Crippen LogP contribution in [0.3, 0.4) is 0 Å². The van der Waals surface area contributed by atoms with E-state index < -0.39 is 17.7 Å². The highest BCUT2D eigenvalue weighted by Crippen LogP contribution is 2.41. The smallest absolute Gasteiger partial charge is 0.235 e. The van der Waals surface area contributed by atoms with Crippen molar-refractivity contribution in [2.45, 2.75) is 56.9 Å². The van der Waals surface area contributed by atoms with Crippen LogP contribution in [0.5, 0.6) is 0 Å².